The molecule has 0 aliphatic rings. The Morgan fingerprint density at radius 2 is 1.72 bits per heavy atom. The van der Waals surface area contributed by atoms with Crippen LogP contribution < -0.4 is 10.6 Å². The normalized spacial score (nSPS) is 15.9. The minimum Gasteiger partial charge on any atom is -0.481 e. The van der Waals surface area contributed by atoms with Gasteiger partial charge in [-0.15, -0.1) is 0 Å². The topological polar surface area (TPSA) is 78.4 Å². The van der Waals surface area contributed by atoms with Crippen molar-refractivity contribution in [3.8, 4) is 0 Å². The van der Waals surface area contributed by atoms with Gasteiger partial charge in [-0.05, 0) is 18.8 Å². The van der Waals surface area contributed by atoms with Crippen LogP contribution in [0.5, 0.6) is 0 Å². The highest BCUT2D eigenvalue weighted by atomic mass is 16.4. The first-order valence-corrected chi connectivity index (χ1v) is 6.56. The van der Waals surface area contributed by atoms with Crippen LogP contribution in [0.25, 0.3) is 0 Å². The van der Waals surface area contributed by atoms with Crippen LogP contribution in [0, 0.1) is 17.8 Å². The Morgan fingerprint density at radius 3 is 2.11 bits per heavy atom. The Hall–Kier alpha value is -1.26. The third kappa shape index (κ3) is 5.89. The molecule has 5 heteroatoms. The molecule has 18 heavy (non-hydrogen) atoms. The molecule has 0 fully saturated rings. The third-order valence-corrected chi connectivity index (χ3v) is 3.46. The lowest BCUT2D eigenvalue weighted by Gasteiger charge is -2.21. The number of carbonyl (C=O) groups excluding carboxylic acids is 1. The Bertz CT molecular complexity index is 279. The van der Waals surface area contributed by atoms with E-state index in [1.54, 1.807) is 0 Å². The van der Waals surface area contributed by atoms with Crippen molar-refractivity contribution in [1.29, 1.82) is 0 Å². The van der Waals surface area contributed by atoms with Gasteiger partial charge in [0.05, 0.1) is 5.92 Å². The first kappa shape index (κ1) is 16.7. The molecule has 0 aliphatic heterocycles. The molecule has 0 saturated carbocycles. The molecule has 3 N–H and O–H groups in total. The molecule has 0 aromatic rings. The lowest BCUT2D eigenvalue weighted by Crippen LogP contribution is -2.46. The molecule has 0 spiro atoms. The van der Waals surface area contributed by atoms with Crippen LogP contribution in [0.15, 0.2) is 0 Å². The summed E-state index contributed by atoms with van der Waals surface area (Å²) in [5, 5.41) is 14.4. The molecule has 3 unspecified atom stereocenters. The summed E-state index contributed by atoms with van der Waals surface area (Å²) in [4.78, 5) is 22.6. The van der Waals surface area contributed by atoms with Crippen LogP contribution in [-0.4, -0.2) is 29.7 Å². The molecule has 0 radical (unpaired) electrons. The summed E-state index contributed by atoms with van der Waals surface area (Å²) in [5.74, 6) is -1.03. The quantitative estimate of drug-likeness (QED) is 0.654. The zero-order chi connectivity index (χ0) is 14.3. The van der Waals surface area contributed by atoms with E-state index in [9.17, 15) is 9.59 Å². The molecule has 0 heterocycles. The van der Waals surface area contributed by atoms with E-state index in [1.165, 1.54) is 0 Å². The van der Waals surface area contributed by atoms with Gasteiger partial charge >= 0.3 is 12.0 Å². The molecule has 5 nitrogen and oxygen atoms in total. The maximum absolute atomic E-state index is 11.6. The molecule has 2 amide bonds. The number of urea groups is 1. The largest absolute Gasteiger partial charge is 0.481 e. The van der Waals surface area contributed by atoms with Crippen molar-refractivity contribution >= 4 is 12.0 Å². The maximum Gasteiger partial charge on any atom is 0.315 e. The SMILES string of the molecule is CCC(C)C(C)NC(=O)NCC(C(=O)O)C(C)C. The lowest BCUT2D eigenvalue weighted by molar-refractivity contribution is -0.142. The molecule has 3 atom stereocenters. The van der Waals surface area contributed by atoms with E-state index >= 15 is 0 Å². The smallest absolute Gasteiger partial charge is 0.315 e. The van der Waals surface area contributed by atoms with Gasteiger partial charge in [0.2, 0.25) is 0 Å². The Labute approximate surface area is 109 Å². The molecular formula is C13H26N2O3. The van der Waals surface area contributed by atoms with E-state index in [0.717, 1.165) is 6.42 Å². The summed E-state index contributed by atoms with van der Waals surface area (Å²) in [6.45, 7) is 9.91. The summed E-state index contributed by atoms with van der Waals surface area (Å²) >= 11 is 0. The highest BCUT2D eigenvalue weighted by Gasteiger charge is 2.22. The fourth-order valence-corrected chi connectivity index (χ4v) is 1.56. The van der Waals surface area contributed by atoms with Gasteiger partial charge in [-0.25, -0.2) is 4.79 Å². The highest BCUT2D eigenvalue weighted by Crippen LogP contribution is 2.10. The molecule has 0 bridgehead atoms. The van der Waals surface area contributed by atoms with Crippen LogP contribution in [0.1, 0.15) is 41.0 Å². The summed E-state index contributed by atoms with van der Waals surface area (Å²) in [5.41, 5.74) is 0. The fourth-order valence-electron chi connectivity index (χ4n) is 1.56. The molecular weight excluding hydrogens is 232 g/mol. The van der Waals surface area contributed by atoms with Crippen molar-refractivity contribution in [3.63, 3.8) is 0 Å². The molecule has 0 aromatic heterocycles. The Balaban J connectivity index is 4.13. The molecule has 0 saturated heterocycles. The number of nitrogens with one attached hydrogen (secondary N) is 2. The van der Waals surface area contributed by atoms with Crippen LogP contribution in [-0.2, 0) is 4.79 Å². The molecule has 0 rings (SSSR count). The van der Waals surface area contributed by atoms with Crippen molar-refractivity contribution in [3.05, 3.63) is 0 Å². The summed E-state index contributed by atoms with van der Waals surface area (Å²) in [6, 6.07) is -0.216. The second kappa shape index (κ2) is 7.95. The number of carbonyl (C=O) groups is 2. The molecule has 106 valence electrons. The van der Waals surface area contributed by atoms with Gasteiger partial charge in [0.1, 0.15) is 0 Å². The van der Waals surface area contributed by atoms with Gasteiger partial charge in [0.15, 0.2) is 0 Å². The van der Waals surface area contributed by atoms with Crippen molar-refractivity contribution in [1.82, 2.24) is 10.6 Å². The van der Waals surface area contributed by atoms with Crippen LogP contribution in [0.3, 0.4) is 0 Å². The van der Waals surface area contributed by atoms with Gasteiger partial charge in [-0.1, -0.05) is 34.1 Å². The summed E-state index contributed by atoms with van der Waals surface area (Å²) in [7, 11) is 0. The Kier molecular flexibility index (Phi) is 7.39. The number of carboxylic acids is 1. The first-order chi connectivity index (χ1) is 8.29. The zero-order valence-corrected chi connectivity index (χ0v) is 12.0. The molecule has 0 aliphatic carbocycles. The average molecular weight is 258 g/mol. The number of amides is 2. The monoisotopic (exact) mass is 258 g/mol. The van der Waals surface area contributed by atoms with Gasteiger partial charge in [-0.2, -0.15) is 0 Å². The Morgan fingerprint density at radius 1 is 1.17 bits per heavy atom. The van der Waals surface area contributed by atoms with Crippen LogP contribution in [0.4, 0.5) is 4.79 Å². The number of hydrogen-bond acceptors (Lipinski definition) is 2. The second-order valence-electron chi connectivity index (χ2n) is 5.22. The summed E-state index contributed by atoms with van der Waals surface area (Å²) in [6.07, 6.45) is 0.991. The van der Waals surface area contributed by atoms with E-state index in [-0.39, 0.29) is 24.5 Å². The maximum atomic E-state index is 11.6. The third-order valence-electron chi connectivity index (χ3n) is 3.46. The average Bonchev–Trinajstić information content (AvgIpc) is 2.26. The van der Waals surface area contributed by atoms with Gasteiger partial charge in [-0.3, -0.25) is 4.79 Å². The number of aliphatic carboxylic acids is 1. The molecule has 0 aromatic carbocycles. The predicted octanol–water partition coefficient (Wildman–Crippen LogP) is 2.08. The first-order valence-electron chi connectivity index (χ1n) is 6.56. The number of carboxylic acid groups (broad SMARTS) is 1. The van der Waals surface area contributed by atoms with Crippen molar-refractivity contribution in [2.24, 2.45) is 17.8 Å². The van der Waals surface area contributed by atoms with E-state index < -0.39 is 11.9 Å². The van der Waals surface area contributed by atoms with E-state index in [0.29, 0.717) is 5.92 Å². The van der Waals surface area contributed by atoms with E-state index in [2.05, 4.69) is 24.5 Å². The number of hydrogen-bond donors (Lipinski definition) is 3. The van der Waals surface area contributed by atoms with Gasteiger partial charge < -0.3 is 15.7 Å². The second-order valence-corrected chi connectivity index (χ2v) is 5.22. The van der Waals surface area contributed by atoms with Crippen LogP contribution in [0.2, 0.25) is 0 Å². The van der Waals surface area contributed by atoms with Gasteiger partial charge in [0.25, 0.3) is 0 Å². The minimum absolute atomic E-state index is 0.00483. The lowest BCUT2D eigenvalue weighted by atomic mass is 9.96. The van der Waals surface area contributed by atoms with Crippen molar-refractivity contribution in [2.75, 3.05) is 6.54 Å². The van der Waals surface area contributed by atoms with Gasteiger partial charge in [0, 0.05) is 12.6 Å². The van der Waals surface area contributed by atoms with Crippen molar-refractivity contribution in [2.45, 2.75) is 47.1 Å². The summed E-state index contributed by atoms with van der Waals surface area (Å²) < 4.78 is 0. The predicted molar refractivity (Wildman–Crippen MR) is 71.4 cm³/mol. The van der Waals surface area contributed by atoms with Crippen LogP contribution >= 0.6 is 0 Å². The van der Waals surface area contributed by atoms with Crippen molar-refractivity contribution < 1.29 is 14.7 Å². The highest BCUT2D eigenvalue weighted by molar-refractivity contribution is 5.76. The zero-order valence-electron chi connectivity index (χ0n) is 12.0. The fraction of sp³-hybridized carbons (Fsp3) is 0.846. The number of rotatable bonds is 7. The standard InChI is InChI=1S/C13H26N2O3/c1-6-9(4)10(5)15-13(18)14-7-11(8(2)3)12(16)17/h8-11H,6-7H2,1-5H3,(H,16,17)(H2,14,15,18). The minimum atomic E-state index is -0.875. The van der Waals surface area contributed by atoms with E-state index in [4.69, 9.17) is 5.11 Å². The van der Waals surface area contributed by atoms with E-state index in [1.807, 2.05) is 20.8 Å².